The van der Waals surface area contributed by atoms with Crippen molar-refractivity contribution in [3.05, 3.63) is 95.3 Å². The number of aromatic nitrogens is 2. The molecule has 0 unspecified atom stereocenters. The Kier molecular flexibility index (Phi) is 7.71. The van der Waals surface area contributed by atoms with Crippen molar-refractivity contribution in [2.24, 2.45) is 0 Å². The van der Waals surface area contributed by atoms with E-state index in [2.05, 4.69) is 10.2 Å². The molecular formula is C26H25ClN4O4S. The van der Waals surface area contributed by atoms with Crippen LogP contribution in [0.2, 0.25) is 5.02 Å². The highest BCUT2D eigenvalue weighted by Gasteiger charge is 2.23. The van der Waals surface area contributed by atoms with Crippen molar-refractivity contribution in [3.8, 4) is 11.5 Å². The van der Waals surface area contributed by atoms with Gasteiger partial charge in [0.1, 0.15) is 0 Å². The summed E-state index contributed by atoms with van der Waals surface area (Å²) in [6.45, 7) is 2.53. The Balaban J connectivity index is 1.51. The van der Waals surface area contributed by atoms with Gasteiger partial charge in [0, 0.05) is 19.2 Å². The topological polar surface area (TPSA) is 96.6 Å². The quantitative estimate of drug-likeness (QED) is 0.296. The first-order valence-electron chi connectivity index (χ1n) is 11.3. The molecule has 4 rings (SSSR count). The zero-order chi connectivity index (χ0) is 25.7. The normalized spacial score (nSPS) is 11.3. The number of amides is 1. The van der Waals surface area contributed by atoms with Gasteiger partial charge in [-0.25, -0.2) is 8.42 Å². The zero-order valence-corrected chi connectivity index (χ0v) is 21.4. The standard InChI is InChI=1S/C26H25ClN4O4S/c1-3-17-31(18-24-28-29-25(35-24)22-11-7-8-12-23(22)27)26(32)19-13-15-21(16-14-19)36(33,34)30(2)20-9-5-4-6-10-20/h4-16H,3,17-18H2,1-2H3. The Bertz CT molecular complexity index is 1440. The third-order valence-corrected chi connectivity index (χ3v) is 7.69. The Morgan fingerprint density at radius 3 is 2.28 bits per heavy atom. The maximum Gasteiger partial charge on any atom is 0.264 e. The molecule has 0 bridgehead atoms. The van der Waals surface area contributed by atoms with E-state index in [1.807, 2.05) is 19.1 Å². The molecule has 1 aromatic heterocycles. The van der Waals surface area contributed by atoms with Gasteiger partial charge < -0.3 is 9.32 Å². The molecule has 1 heterocycles. The number of hydrogen-bond acceptors (Lipinski definition) is 6. The van der Waals surface area contributed by atoms with Crippen LogP contribution < -0.4 is 4.31 Å². The van der Waals surface area contributed by atoms with Crippen LogP contribution in [0.3, 0.4) is 0 Å². The van der Waals surface area contributed by atoms with Gasteiger partial charge in [0.2, 0.25) is 11.8 Å². The monoisotopic (exact) mass is 524 g/mol. The maximum atomic E-state index is 13.2. The fourth-order valence-electron chi connectivity index (χ4n) is 3.63. The van der Waals surface area contributed by atoms with Crippen molar-refractivity contribution in [2.45, 2.75) is 24.8 Å². The fourth-order valence-corrected chi connectivity index (χ4v) is 5.05. The smallest absolute Gasteiger partial charge is 0.264 e. The van der Waals surface area contributed by atoms with E-state index in [4.69, 9.17) is 16.0 Å². The molecule has 0 aliphatic carbocycles. The summed E-state index contributed by atoms with van der Waals surface area (Å²) < 4.78 is 33.0. The summed E-state index contributed by atoms with van der Waals surface area (Å²) in [4.78, 5) is 14.9. The molecule has 0 saturated carbocycles. The average Bonchev–Trinajstić information content (AvgIpc) is 3.36. The lowest BCUT2D eigenvalue weighted by Gasteiger charge is -2.21. The van der Waals surface area contributed by atoms with Gasteiger partial charge in [-0.1, -0.05) is 48.9 Å². The number of nitrogens with zero attached hydrogens (tertiary/aromatic N) is 4. The number of rotatable bonds is 9. The minimum Gasteiger partial charge on any atom is -0.419 e. The van der Waals surface area contributed by atoms with Crippen LogP contribution in [0.1, 0.15) is 29.6 Å². The van der Waals surface area contributed by atoms with E-state index in [0.717, 1.165) is 0 Å². The Hall–Kier alpha value is -3.69. The minimum atomic E-state index is -3.78. The first kappa shape index (κ1) is 25.4. The van der Waals surface area contributed by atoms with Crippen molar-refractivity contribution < 1.29 is 17.6 Å². The molecule has 3 aromatic carbocycles. The van der Waals surface area contributed by atoms with Gasteiger partial charge in [-0.05, 0) is 55.0 Å². The number of sulfonamides is 1. The Morgan fingerprint density at radius 2 is 1.61 bits per heavy atom. The number of hydrogen-bond donors (Lipinski definition) is 0. The molecule has 0 N–H and O–H groups in total. The van der Waals surface area contributed by atoms with E-state index < -0.39 is 10.0 Å². The molecule has 0 aliphatic rings. The van der Waals surface area contributed by atoms with Crippen LogP contribution in [0, 0.1) is 0 Å². The molecule has 8 nitrogen and oxygen atoms in total. The first-order valence-corrected chi connectivity index (χ1v) is 13.1. The third-order valence-electron chi connectivity index (χ3n) is 5.56. The van der Waals surface area contributed by atoms with Gasteiger partial charge in [-0.2, -0.15) is 0 Å². The SMILES string of the molecule is CCCN(Cc1nnc(-c2ccccc2Cl)o1)C(=O)c1ccc(S(=O)(=O)N(C)c2ccccc2)cc1. The summed E-state index contributed by atoms with van der Waals surface area (Å²) in [6.07, 6.45) is 0.714. The second-order valence-corrected chi connectivity index (χ2v) is 10.4. The average molecular weight is 525 g/mol. The largest absolute Gasteiger partial charge is 0.419 e. The molecule has 0 aliphatic heterocycles. The first-order chi connectivity index (χ1) is 17.3. The van der Waals surface area contributed by atoms with Gasteiger partial charge in [-0.3, -0.25) is 9.10 Å². The lowest BCUT2D eigenvalue weighted by molar-refractivity contribution is 0.0728. The van der Waals surface area contributed by atoms with Crippen LogP contribution in [0.4, 0.5) is 5.69 Å². The van der Waals surface area contributed by atoms with Crippen LogP contribution in [-0.4, -0.2) is 43.0 Å². The fraction of sp³-hybridized carbons (Fsp3) is 0.192. The molecule has 0 spiro atoms. The van der Waals surface area contributed by atoms with Crippen LogP contribution >= 0.6 is 11.6 Å². The van der Waals surface area contributed by atoms with Crippen LogP contribution in [0.15, 0.2) is 88.2 Å². The molecule has 1 amide bonds. The second kappa shape index (κ2) is 10.9. The van der Waals surface area contributed by atoms with Gasteiger partial charge >= 0.3 is 0 Å². The second-order valence-electron chi connectivity index (χ2n) is 8.04. The minimum absolute atomic E-state index is 0.0914. The summed E-state index contributed by atoms with van der Waals surface area (Å²) in [7, 11) is -2.28. The van der Waals surface area contributed by atoms with Crippen molar-refractivity contribution in [2.75, 3.05) is 17.9 Å². The van der Waals surface area contributed by atoms with Crippen molar-refractivity contribution >= 4 is 33.2 Å². The molecule has 0 saturated heterocycles. The summed E-state index contributed by atoms with van der Waals surface area (Å²) in [5.74, 6) is 0.279. The summed E-state index contributed by atoms with van der Waals surface area (Å²) in [5, 5.41) is 8.62. The van der Waals surface area contributed by atoms with Crippen LogP contribution in [0.25, 0.3) is 11.5 Å². The lowest BCUT2D eigenvalue weighted by Crippen LogP contribution is -2.31. The zero-order valence-electron chi connectivity index (χ0n) is 19.8. The van der Waals surface area contributed by atoms with E-state index in [-0.39, 0.29) is 29.1 Å². The number of benzene rings is 3. The Morgan fingerprint density at radius 1 is 0.944 bits per heavy atom. The highest BCUT2D eigenvalue weighted by Crippen LogP contribution is 2.27. The summed E-state index contributed by atoms with van der Waals surface area (Å²) in [6, 6.07) is 21.8. The van der Waals surface area contributed by atoms with Crippen LogP contribution in [0.5, 0.6) is 0 Å². The summed E-state index contributed by atoms with van der Waals surface area (Å²) in [5.41, 5.74) is 1.52. The van der Waals surface area contributed by atoms with E-state index in [0.29, 0.717) is 34.8 Å². The molecular weight excluding hydrogens is 500 g/mol. The lowest BCUT2D eigenvalue weighted by atomic mass is 10.2. The number of halogens is 1. The van der Waals surface area contributed by atoms with Crippen molar-refractivity contribution in [1.82, 2.24) is 15.1 Å². The predicted octanol–water partition coefficient (Wildman–Crippen LogP) is 5.27. The van der Waals surface area contributed by atoms with Crippen LogP contribution in [-0.2, 0) is 16.6 Å². The number of anilines is 1. The van der Waals surface area contributed by atoms with Gasteiger partial charge in [0.15, 0.2) is 0 Å². The van der Waals surface area contributed by atoms with Gasteiger partial charge in [0.05, 0.1) is 27.7 Å². The van der Waals surface area contributed by atoms with E-state index in [1.165, 1.54) is 35.6 Å². The molecule has 4 aromatic rings. The number of carbonyl (C=O) groups excluding carboxylic acids is 1. The van der Waals surface area contributed by atoms with E-state index >= 15 is 0 Å². The molecule has 186 valence electrons. The van der Waals surface area contributed by atoms with Gasteiger partial charge in [0.25, 0.3) is 15.9 Å². The van der Waals surface area contributed by atoms with E-state index in [1.54, 1.807) is 47.4 Å². The molecule has 0 radical (unpaired) electrons. The number of carbonyl (C=O) groups is 1. The number of para-hydroxylation sites is 1. The predicted molar refractivity (Wildman–Crippen MR) is 138 cm³/mol. The van der Waals surface area contributed by atoms with E-state index in [9.17, 15) is 13.2 Å². The van der Waals surface area contributed by atoms with Crippen molar-refractivity contribution in [1.29, 1.82) is 0 Å². The summed E-state index contributed by atoms with van der Waals surface area (Å²) >= 11 is 6.21. The molecule has 10 heteroatoms. The highest BCUT2D eigenvalue weighted by molar-refractivity contribution is 7.92. The van der Waals surface area contributed by atoms with Gasteiger partial charge in [-0.15, -0.1) is 10.2 Å². The molecule has 0 atom stereocenters. The highest BCUT2D eigenvalue weighted by atomic mass is 35.5. The maximum absolute atomic E-state index is 13.2. The molecule has 0 fully saturated rings. The third kappa shape index (κ3) is 5.42. The van der Waals surface area contributed by atoms with Crippen molar-refractivity contribution in [3.63, 3.8) is 0 Å². The Labute approximate surface area is 215 Å². The molecule has 36 heavy (non-hydrogen) atoms.